The molecule has 2 rings (SSSR count). The van der Waals surface area contributed by atoms with E-state index in [0.717, 1.165) is 0 Å². The lowest BCUT2D eigenvalue weighted by Gasteiger charge is -2.11. The van der Waals surface area contributed by atoms with Crippen molar-refractivity contribution >= 4 is 11.6 Å². The molecule has 0 radical (unpaired) electrons. The molecule has 5 heteroatoms. The van der Waals surface area contributed by atoms with E-state index >= 15 is 0 Å². The Bertz CT molecular complexity index is 597. The van der Waals surface area contributed by atoms with E-state index in [1.165, 1.54) is 18.3 Å². The standard InChI is InChI=1S/C15H15FN2O2/c1-10(2)20-13-5-3-4-11(8-13)15(19)18-12-6-7-14(16)17-9-12/h3-10H,1-2H3,(H,18,19). The van der Waals surface area contributed by atoms with Crippen LogP contribution < -0.4 is 10.1 Å². The predicted molar refractivity (Wildman–Crippen MR) is 74.4 cm³/mol. The summed E-state index contributed by atoms with van der Waals surface area (Å²) in [6.07, 6.45) is 1.30. The van der Waals surface area contributed by atoms with Crippen LogP contribution in [0.3, 0.4) is 0 Å². The van der Waals surface area contributed by atoms with E-state index in [4.69, 9.17) is 4.74 Å². The second kappa shape index (κ2) is 6.14. The van der Waals surface area contributed by atoms with Crippen LogP contribution in [0.4, 0.5) is 10.1 Å². The summed E-state index contributed by atoms with van der Waals surface area (Å²) in [7, 11) is 0. The van der Waals surface area contributed by atoms with Gasteiger partial charge in [-0.2, -0.15) is 4.39 Å². The van der Waals surface area contributed by atoms with Gasteiger partial charge in [-0.05, 0) is 44.2 Å². The average Bonchev–Trinajstić information content (AvgIpc) is 2.41. The van der Waals surface area contributed by atoms with Gasteiger partial charge in [-0.1, -0.05) is 6.07 Å². The molecule has 0 aliphatic rings. The van der Waals surface area contributed by atoms with E-state index < -0.39 is 5.95 Å². The molecule has 0 saturated heterocycles. The first-order valence-electron chi connectivity index (χ1n) is 6.24. The van der Waals surface area contributed by atoms with E-state index in [-0.39, 0.29) is 12.0 Å². The van der Waals surface area contributed by atoms with Crippen LogP contribution >= 0.6 is 0 Å². The Balaban J connectivity index is 2.10. The molecule has 1 aromatic heterocycles. The highest BCUT2D eigenvalue weighted by Gasteiger charge is 2.08. The fourth-order valence-electron chi connectivity index (χ4n) is 1.64. The van der Waals surface area contributed by atoms with Crippen LogP contribution in [0.2, 0.25) is 0 Å². The Kier molecular flexibility index (Phi) is 4.30. The summed E-state index contributed by atoms with van der Waals surface area (Å²) < 4.78 is 18.2. The summed E-state index contributed by atoms with van der Waals surface area (Å²) in [6.45, 7) is 3.83. The minimum Gasteiger partial charge on any atom is -0.491 e. The molecule has 0 aliphatic heterocycles. The maximum Gasteiger partial charge on any atom is 0.255 e. The van der Waals surface area contributed by atoms with Crippen LogP contribution in [-0.4, -0.2) is 17.0 Å². The Hall–Kier alpha value is -2.43. The average molecular weight is 274 g/mol. The van der Waals surface area contributed by atoms with Crippen LogP contribution in [0.5, 0.6) is 5.75 Å². The number of ether oxygens (including phenoxy) is 1. The molecule has 1 N–H and O–H groups in total. The third-order valence-electron chi connectivity index (χ3n) is 2.45. The highest BCUT2D eigenvalue weighted by atomic mass is 19.1. The maximum absolute atomic E-state index is 12.7. The molecular weight excluding hydrogens is 259 g/mol. The largest absolute Gasteiger partial charge is 0.491 e. The fourth-order valence-corrected chi connectivity index (χ4v) is 1.64. The van der Waals surface area contributed by atoms with Crippen LogP contribution in [0.1, 0.15) is 24.2 Å². The van der Waals surface area contributed by atoms with Gasteiger partial charge in [0.05, 0.1) is 18.0 Å². The van der Waals surface area contributed by atoms with E-state index in [2.05, 4.69) is 10.3 Å². The molecule has 0 unspecified atom stereocenters. The Morgan fingerprint density at radius 2 is 2.10 bits per heavy atom. The third kappa shape index (κ3) is 3.78. The van der Waals surface area contributed by atoms with Crippen LogP contribution in [0.15, 0.2) is 42.6 Å². The molecule has 0 aliphatic carbocycles. The lowest BCUT2D eigenvalue weighted by molar-refractivity contribution is 0.102. The maximum atomic E-state index is 12.7. The molecule has 104 valence electrons. The van der Waals surface area contributed by atoms with Crippen molar-refractivity contribution < 1.29 is 13.9 Å². The zero-order valence-electron chi connectivity index (χ0n) is 11.3. The number of carbonyl (C=O) groups is 1. The van der Waals surface area contributed by atoms with E-state index in [1.807, 2.05) is 13.8 Å². The number of hydrogen-bond donors (Lipinski definition) is 1. The van der Waals surface area contributed by atoms with Gasteiger partial charge >= 0.3 is 0 Å². The molecule has 0 fully saturated rings. The number of rotatable bonds is 4. The summed E-state index contributed by atoms with van der Waals surface area (Å²) in [6, 6.07) is 9.51. The number of carbonyl (C=O) groups excluding carboxylic acids is 1. The van der Waals surface area contributed by atoms with Gasteiger partial charge in [-0.3, -0.25) is 4.79 Å². The first-order valence-corrected chi connectivity index (χ1v) is 6.24. The minimum absolute atomic E-state index is 0.0367. The molecule has 1 aromatic carbocycles. The van der Waals surface area contributed by atoms with Gasteiger partial charge < -0.3 is 10.1 Å². The van der Waals surface area contributed by atoms with Crippen molar-refractivity contribution in [3.63, 3.8) is 0 Å². The van der Waals surface area contributed by atoms with Gasteiger partial charge in [0, 0.05) is 5.56 Å². The van der Waals surface area contributed by atoms with Crippen molar-refractivity contribution in [2.45, 2.75) is 20.0 Å². The van der Waals surface area contributed by atoms with Gasteiger partial charge in [0.25, 0.3) is 5.91 Å². The Morgan fingerprint density at radius 1 is 1.30 bits per heavy atom. The van der Waals surface area contributed by atoms with Crippen molar-refractivity contribution in [3.05, 3.63) is 54.1 Å². The zero-order chi connectivity index (χ0) is 14.5. The number of hydrogen-bond acceptors (Lipinski definition) is 3. The zero-order valence-corrected chi connectivity index (χ0v) is 11.3. The van der Waals surface area contributed by atoms with Crippen molar-refractivity contribution in [2.24, 2.45) is 0 Å². The number of anilines is 1. The molecule has 0 atom stereocenters. The molecule has 1 amide bonds. The SMILES string of the molecule is CC(C)Oc1cccc(C(=O)Nc2ccc(F)nc2)c1. The molecule has 20 heavy (non-hydrogen) atoms. The molecule has 0 bridgehead atoms. The number of nitrogens with one attached hydrogen (secondary N) is 1. The Morgan fingerprint density at radius 3 is 2.75 bits per heavy atom. The Labute approximate surface area is 116 Å². The van der Waals surface area contributed by atoms with Crippen molar-refractivity contribution in [1.82, 2.24) is 4.98 Å². The number of halogens is 1. The van der Waals surface area contributed by atoms with Crippen molar-refractivity contribution in [1.29, 1.82) is 0 Å². The number of pyridine rings is 1. The second-order valence-electron chi connectivity index (χ2n) is 4.52. The fraction of sp³-hybridized carbons (Fsp3) is 0.200. The lowest BCUT2D eigenvalue weighted by atomic mass is 10.2. The number of amides is 1. The van der Waals surface area contributed by atoms with Crippen molar-refractivity contribution in [3.8, 4) is 5.75 Å². The number of aromatic nitrogens is 1. The molecule has 0 spiro atoms. The van der Waals surface area contributed by atoms with Crippen LogP contribution in [0.25, 0.3) is 0 Å². The first kappa shape index (κ1) is 14.0. The summed E-state index contributed by atoms with van der Waals surface area (Å²) in [5.41, 5.74) is 0.902. The molecular formula is C15H15FN2O2. The summed E-state index contributed by atoms with van der Waals surface area (Å²) in [5, 5.41) is 2.64. The van der Waals surface area contributed by atoms with E-state index in [9.17, 15) is 9.18 Å². The minimum atomic E-state index is -0.588. The molecule has 4 nitrogen and oxygen atoms in total. The second-order valence-corrected chi connectivity index (χ2v) is 4.52. The smallest absolute Gasteiger partial charge is 0.255 e. The predicted octanol–water partition coefficient (Wildman–Crippen LogP) is 3.26. The normalized spacial score (nSPS) is 10.4. The topological polar surface area (TPSA) is 51.2 Å². The van der Waals surface area contributed by atoms with Crippen LogP contribution in [-0.2, 0) is 0 Å². The highest BCUT2D eigenvalue weighted by Crippen LogP contribution is 2.16. The van der Waals surface area contributed by atoms with E-state index in [0.29, 0.717) is 17.0 Å². The van der Waals surface area contributed by atoms with E-state index in [1.54, 1.807) is 24.3 Å². The van der Waals surface area contributed by atoms with Gasteiger partial charge in [-0.15, -0.1) is 0 Å². The quantitative estimate of drug-likeness (QED) is 0.871. The monoisotopic (exact) mass is 274 g/mol. The number of nitrogens with zero attached hydrogens (tertiary/aromatic N) is 1. The van der Waals surface area contributed by atoms with Crippen molar-refractivity contribution in [2.75, 3.05) is 5.32 Å². The summed E-state index contributed by atoms with van der Waals surface area (Å²) >= 11 is 0. The summed E-state index contributed by atoms with van der Waals surface area (Å²) in [4.78, 5) is 15.5. The molecule has 0 saturated carbocycles. The van der Waals surface area contributed by atoms with Gasteiger partial charge in [0.15, 0.2) is 0 Å². The van der Waals surface area contributed by atoms with Gasteiger partial charge in [-0.25, -0.2) is 4.98 Å². The van der Waals surface area contributed by atoms with Gasteiger partial charge in [0.1, 0.15) is 5.75 Å². The van der Waals surface area contributed by atoms with Crippen LogP contribution in [0, 0.1) is 5.95 Å². The highest BCUT2D eigenvalue weighted by molar-refractivity contribution is 6.04. The molecule has 1 heterocycles. The summed E-state index contributed by atoms with van der Waals surface area (Å²) in [5.74, 6) is -0.257. The van der Waals surface area contributed by atoms with Gasteiger partial charge in [0.2, 0.25) is 5.95 Å². The third-order valence-corrected chi connectivity index (χ3v) is 2.45. The number of benzene rings is 1. The molecule has 2 aromatic rings. The first-order chi connectivity index (χ1) is 9.54. The lowest BCUT2D eigenvalue weighted by Crippen LogP contribution is -2.13.